The van der Waals surface area contributed by atoms with E-state index >= 15 is 0 Å². The number of fused-ring (bicyclic) bond motifs is 3. The van der Waals surface area contributed by atoms with Gasteiger partial charge in [0.2, 0.25) is 0 Å². The summed E-state index contributed by atoms with van der Waals surface area (Å²) in [5.74, 6) is 0.883. The number of hydrogen-bond acceptors (Lipinski definition) is 1. The second-order valence-electron chi connectivity index (χ2n) is 3.36. The largest absolute Gasteiger partial charge is 0.297 e. The van der Waals surface area contributed by atoms with Gasteiger partial charge in [0, 0.05) is 12.8 Å². The summed E-state index contributed by atoms with van der Waals surface area (Å²) in [5, 5.41) is 0. The van der Waals surface area contributed by atoms with Crippen molar-refractivity contribution in [1.82, 2.24) is 9.55 Å². The Morgan fingerprint density at radius 2 is 2.23 bits per heavy atom. The molecule has 0 radical (unpaired) electrons. The van der Waals surface area contributed by atoms with Gasteiger partial charge < -0.3 is 0 Å². The molecule has 0 spiro atoms. The van der Waals surface area contributed by atoms with Crippen LogP contribution in [0.3, 0.4) is 0 Å². The number of imidazole rings is 1. The molecule has 1 aliphatic rings. The third-order valence-corrected chi connectivity index (χ3v) is 2.56. The third kappa shape index (κ3) is 0.842. The highest BCUT2D eigenvalue weighted by Gasteiger charge is 2.24. The van der Waals surface area contributed by atoms with Crippen molar-refractivity contribution < 1.29 is 4.39 Å². The second kappa shape index (κ2) is 2.31. The number of para-hydroxylation sites is 2. The molecule has 3 rings (SSSR count). The second-order valence-corrected chi connectivity index (χ2v) is 3.36. The number of nitrogens with zero attached hydrogens (tertiary/aromatic N) is 2. The van der Waals surface area contributed by atoms with Crippen molar-refractivity contribution in [2.75, 3.05) is 0 Å². The van der Waals surface area contributed by atoms with Crippen LogP contribution in [-0.2, 0) is 6.42 Å². The minimum Gasteiger partial charge on any atom is -0.297 e. The maximum absolute atomic E-state index is 13.4. The molecule has 2 aromatic rings. The molecule has 0 bridgehead atoms. The molecule has 66 valence electrons. The molecule has 0 aliphatic carbocycles. The van der Waals surface area contributed by atoms with Gasteiger partial charge in [-0.1, -0.05) is 12.1 Å². The smallest absolute Gasteiger partial charge is 0.178 e. The molecule has 2 nitrogen and oxygen atoms in total. The summed E-state index contributed by atoms with van der Waals surface area (Å²) < 4.78 is 15.1. The minimum absolute atomic E-state index is 0.577. The van der Waals surface area contributed by atoms with E-state index in [1.165, 1.54) is 0 Å². The number of benzene rings is 1. The summed E-state index contributed by atoms with van der Waals surface area (Å²) >= 11 is 0. The van der Waals surface area contributed by atoms with Gasteiger partial charge in [0.05, 0.1) is 11.0 Å². The lowest BCUT2D eigenvalue weighted by atomic mass is 10.3. The highest BCUT2D eigenvalue weighted by molar-refractivity contribution is 5.76. The Hall–Kier alpha value is -1.38. The molecule has 3 heteroatoms. The zero-order chi connectivity index (χ0) is 8.84. The van der Waals surface area contributed by atoms with Gasteiger partial charge in [-0.15, -0.1) is 0 Å². The molecule has 1 aliphatic heterocycles. The van der Waals surface area contributed by atoms with Crippen molar-refractivity contribution in [1.29, 1.82) is 0 Å². The van der Waals surface area contributed by atoms with Crippen LogP contribution in [0, 0.1) is 0 Å². The molecule has 1 aromatic carbocycles. The van der Waals surface area contributed by atoms with E-state index in [1.54, 1.807) is 4.57 Å². The summed E-state index contributed by atoms with van der Waals surface area (Å²) in [6, 6.07) is 7.69. The van der Waals surface area contributed by atoms with Crippen molar-refractivity contribution in [3.8, 4) is 0 Å². The maximum Gasteiger partial charge on any atom is 0.178 e. The molecule has 0 saturated carbocycles. The highest BCUT2D eigenvalue weighted by Crippen LogP contribution is 2.31. The molecule has 1 atom stereocenters. The fraction of sp³-hybridized carbons (Fsp3) is 0.300. The van der Waals surface area contributed by atoms with Crippen LogP contribution in [0.4, 0.5) is 4.39 Å². The predicted octanol–water partition coefficient (Wildman–Crippen LogP) is 2.45. The van der Waals surface area contributed by atoms with E-state index in [1.807, 2.05) is 24.3 Å². The summed E-state index contributed by atoms with van der Waals surface area (Å²) in [5.41, 5.74) is 1.82. The zero-order valence-corrected chi connectivity index (χ0v) is 7.07. The number of rotatable bonds is 0. The lowest BCUT2D eigenvalue weighted by molar-refractivity contribution is 0.260. The van der Waals surface area contributed by atoms with Gasteiger partial charge >= 0.3 is 0 Å². The molecule has 0 amide bonds. The zero-order valence-electron chi connectivity index (χ0n) is 7.07. The van der Waals surface area contributed by atoms with Crippen LogP contribution < -0.4 is 0 Å². The van der Waals surface area contributed by atoms with Crippen LogP contribution in [0.2, 0.25) is 0 Å². The molecule has 13 heavy (non-hydrogen) atoms. The average Bonchev–Trinajstić information content (AvgIpc) is 2.66. The number of halogens is 1. The number of aryl methyl sites for hydroxylation is 1. The van der Waals surface area contributed by atoms with Crippen LogP contribution in [0.15, 0.2) is 24.3 Å². The van der Waals surface area contributed by atoms with E-state index in [2.05, 4.69) is 4.98 Å². The third-order valence-electron chi connectivity index (χ3n) is 2.56. The summed E-state index contributed by atoms with van der Waals surface area (Å²) in [7, 11) is 0. The molecule has 2 heterocycles. The fourth-order valence-electron chi connectivity index (χ4n) is 1.96. The normalized spacial score (nSPS) is 20.8. The molecule has 1 aromatic heterocycles. The molecule has 0 N–H and O–H groups in total. The first-order valence-corrected chi connectivity index (χ1v) is 4.46. The Kier molecular flexibility index (Phi) is 1.26. The van der Waals surface area contributed by atoms with E-state index in [-0.39, 0.29) is 0 Å². The molecular weight excluding hydrogens is 167 g/mol. The van der Waals surface area contributed by atoms with Crippen molar-refractivity contribution in [2.24, 2.45) is 0 Å². The van der Waals surface area contributed by atoms with Crippen LogP contribution in [0.25, 0.3) is 11.0 Å². The van der Waals surface area contributed by atoms with Gasteiger partial charge in [-0.05, 0) is 12.1 Å². The van der Waals surface area contributed by atoms with E-state index in [9.17, 15) is 4.39 Å². The molecule has 1 unspecified atom stereocenters. The summed E-state index contributed by atoms with van der Waals surface area (Å²) in [6.45, 7) is 0. The molecular formula is C10H9FN2. The van der Waals surface area contributed by atoms with Gasteiger partial charge in [0.25, 0.3) is 0 Å². The van der Waals surface area contributed by atoms with Gasteiger partial charge in [-0.25, -0.2) is 9.37 Å². The minimum atomic E-state index is -0.873. The van der Waals surface area contributed by atoms with Gasteiger partial charge in [0.15, 0.2) is 6.30 Å². The average molecular weight is 176 g/mol. The quantitative estimate of drug-likeness (QED) is 0.602. The van der Waals surface area contributed by atoms with Crippen LogP contribution in [-0.4, -0.2) is 9.55 Å². The lowest BCUT2D eigenvalue weighted by Crippen LogP contribution is -1.96. The fourth-order valence-corrected chi connectivity index (χ4v) is 1.96. The Labute approximate surface area is 75.0 Å². The maximum atomic E-state index is 13.4. The number of alkyl halides is 1. The SMILES string of the molecule is FC1CCc2nc3ccccc3n21. The molecule has 0 saturated heterocycles. The first-order chi connectivity index (χ1) is 6.36. The van der Waals surface area contributed by atoms with Crippen molar-refractivity contribution in [3.63, 3.8) is 0 Å². The Morgan fingerprint density at radius 1 is 1.38 bits per heavy atom. The number of aromatic nitrogens is 2. The van der Waals surface area contributed by atoms with E-state index in [0.29, 0.717) is 6.42 Å². The van der Waals surface area contributed by atoms with Gasteiger partial charge in [-0.2, -0.15) is 0 Å². The summed E-state index contributed by atoms with van der Waals surface area (Å²) in [6.07, 6.45) is 0.464. The van der Waals surface area contributed by atoms with Crippen LogP contribution in [0.1, 0.15) is 18.5 Å². The van der Waals surface area contributed by atoms with Crippen molar-refractivity contribution in [3.05, 3.63) is 30.1 Å². The van der Waals surface area contributed by atoms with E-state index < -0.39 is 6.30 Å². The lowest BCUT2D eigenvalue weighted by Gasteiger charge is -2.02. The van der Waals surface area contributed by atoms with E-state index in [4.69, 9.17) is 0 Å². The summed E-state index contributed by atoms with van der Waals surface area (Å²) in [4.78, 5) is 4.37. The van der Waals surface area contributed by atoms with E-state index in [0.717, 1.165) is 23.3 Å². The van der Waals surface area contributed by atoms with Gasteiger partial charge in [0.1, 0.15) is 5.82 Å². The molecule has 0 fully saturated rings. The topological polar surface area (TPSA) is 17.8 Å². The Morgan fingerprint density at radius 3 is 3.15 bits per heavy atom. The van der Waals surface area contributed by atoms with Crippen molar-refractivity contribution >= 4 is 11.0 Å². The van der Waals surface area contributed by atoms with Crippen LogP contribution in [0.5, 0.6) is 0 Å². The Balaban J connectivity index is 2.40. The first kappa shape index (κ1) is 7.06. The monoisotopic (exact) mass is 176 g/mol. The highest BCUT2D eigenvalue weighted by atomic mass is 19.1. The van der Waals surface area contributed by atoms with Gasteiger partial charge in [-0.3, -0.25) is 4.57 Å². The van der Waals surface area contributed by atoms with Crippen molar-refractivity contribution in [2.45, 2.75) is 19.1 Å². The standard InChI is InChI=1S/C10H9FN2/c11-9-5-6-10-12-7-3-1-2-4-8(7)13(9)10/h1-4,9H,5-6H2. The van der Waals surface area contributed by atoms with Crippen LogP contribution >= 0.6 is 0 Å². The Bertz CT molecular complexity index is 461. The number of hydrogen-bond donors (Lipinski definition) is 0. The first-order valence-electron chi connectivity index (χ1n) is 4.46. The predicted molar refractivity (Wildman–Crippen MR) is 48.2 cm³/mol.